The predicted molar refractivity (Wildman–Crippen MR) is 195 cm³/mol. The molecule has 3 atom stereocenters. The normalized spacial score (nSPS) is 18.8. The number of halogens is 3. The highest BCUT2D eigenvalue weighted by Gasteiger charge is 2.43. The van der Waals surface area contributed by atoms with Gasteiger partial charge in [-0.3, -0.25) is 14.4 Å². The second kappa shape index (κ2) is 16.7. The number of hydrogen-bond donors (Lipinski definition) is 3. The molecule has 6 rings (SSSR count). The number of carboxylic acids is 1. The molecule has 13 heteroatoms. The lowest BCUT2D eigenvalue weighted by molar-refractivity contribution is -0.141. The van der Waals surface area contributed by atoms with Crippen LogP contribution >= 0.6 is 11.6 Å². The molecule has 3 aromatic carbocycles. The van der Waals surface area contributed by atoms with E-state index in [4.69, 9.17) is 26.2 Å². The van der Waals surface area contributed by atoms with Gasteiger partial charge in [0.05, 0.1) is 30.0 Å². The average molecular weight is 752 g/mol. The lowest BCUT2D eigenvalue weighted by Crippen LogP contribution is -2.62. The van der Waals surface area contributed by atoms with E-state index >= 15 is 0 Å². The summed E-state index contributed by atoms with van der Waals surface area (Å²) in [6, 6.07) is 14.4. The van der Waals surface area contributed by atoms with Crippen LogP contribution in [-0.2, 0) is 20.8 Å². The Kier molecular flexibility index (Phi) is 12.0. The zero-order chi connectivity index (χ0) is 37.8. The van der Waals surface area contributed by atoms with E-state index < -0.39 is 42.1 Å². The summed E-state index contributed by atoms with van der Waals surface area (Å²) < 4.78 is 40.4. The fraction of sp³-hybridized carbons (Fsp3) is 0.425. The van der Waals surface area contributed by atoms with Crippen molar-refractivity contribution in [2.45, 2.75) is 76.6 Å². The van der Waals surface area contributed by atoms with Gasteiger partial charge in [0, 0.05) is 37.3 Å². The monoisotopic (exact) mass is 751 g/mol. The summed E-state index contributed by atoms with van der Waals surface area (Å²) >= 11 is 6.34. The number of benzene rings is 3. The van der Waals surface area contributed by atoms with Crippen molar-refractivity contribution in [3.63, 3.8) is 0 Å². The Morgan fingerprint density at radius 1 is 1.00 bits per heavy atom. The first-order chi connectivity index (χ1) is 25.4. The Hall–Kier alpha value is -4.52. The highest BCUT2D eigenvalue weighted by atomic mass is 35.5. The topological polar surface area (TPSA) is 129 Å². The van der Waals surface area contributed by atoms with Gasteiger partial charge in [-0.25, -0.2) is 8.78 Å². The number of ether oxygens (including phenoxy) is 2. The maximum absolute atomic E-state index is 14.6. The Morgan fingerprint density at radius 3 is 2.43 bits per heavy atom. The van der Waals surface area contributed by atoms with Crippen molar-refractivity contribution in [3.8, 4) is 11.5 Å². The van der Waals surface area contributed by atoms with Gasteiger partial charge < -0.3 is 34.8 Å². The number of aryl methyl sites for hydroxylation is 2. The Bertz CT molecular complexity index is 1880. The predicted octanol–water partition coefficient (Wildman–Crippen LogP) is 5.48. The van der Waals surface area contributed by atoms with Crippen LogP contribution < -0.4 is 14.8 Å². The smallest absolute Gasteiger partial charge is 0.305 e. The highest BCUT2D eigenvalue weighted by molar-refractivity contribution is 6.32. The van der Waals surface area contributed by atoms with Crippen LogP contribution in [0, 0.1) is 25.5 Å². The number of carboxylic acid groups (broad SMARTS) is 1. The van der Waals surface area contributed by atoms with Gasteiger partial charge in [-0.1, -0.05) is 35.9 Å². The van der Waals surface area contributed by atoms with Crippen LogP contribution in [0.2, 0.25) is 5.02 Å². The number of rotatable bonds is 15. The molecule has 3 aliphatic rings. The summed E-state index contributed by atoms with van der Waals surface area (Å²) in [5, 5.41) is 23.3. The Labute approximate surface area is 312 Å². The average Bonchev–Trinajstić information content (AvgIpc) is 3.95. The SMILES string of the molecule is Cc1cc(Cl)c(OCCOc2ccc(C3=C(C(=O)N(CCc4cccc(F)c4F)C4CC4)[C@H]4CN(C(=O)C[C@@H](O)CC(=O)O)C[C@@H](C3)N4)cc2)cc1C. The first-order valence-corrected chi connectivity index (χ1v) is 18.3. The molecule has 1 saturated carbocycles. The van der Waals surface area contributed by atoms with Gasteiger partial charge in [0.25, 0.3) is 5.91 Å². The molecule has 0 spiro atoms. The third kappa shape index (κ3) is 9.35. The maximum atomic E-state index is 14.6. The quantitative estimate of drug-likeness (QED) is 0.174. The number of aliphatic hydroxyl groups is 1. The fourth-order valence-electron chi connectivity index (χ4n) is 7.08. The molecule has 0 aromatic heterocycles. The van der Waals surface area contributed by atoms with Gasteiger partial charge >= 0.3 is 5.97 Å². The molecule has 2 bridgehead atoms. The molecule has 2 aliphatic heterocycles. The number of carbonyl (C=O) groups is 3. The molecule has 2 heterocycles. The van der Waals surface area contributed by atoms with Crippen molar-refractivity contribution in [3.05, 3.63) is 99.1 Å². The molecule has 1 saturated heterocycles. The molecule has 0 radical (unpaired) electrons. The molecule has 282 valence electrons. The third-order valence-corrected chi connectivity index (χ3v) is 10.4. The van der Waals surface area contributed by atoms with Crippen molar-refractivity contribution in [2.24, 2.45) is 0 Å². The number of nitrogens with zero attached hydrogens (tertiary/aromatic N) is 2. The number of fused-ring (bicyclic) bond motifs is 2. The van der Waals surface area contributed by atoms with Gasteiger partial charge in [-0.2, -0.15) is 0 Å². The molecule has 0 unspecified atom stereocenters. The van der Waals surface area contributed by atoms with E-state index in [9.17, 15) is 28.3 Å². The van der Waals surface area contributed by atoms with Crippen molar-refractivity contribution in [2.75, 3.05) is 32.8 Å². The lowest BCUT2D eigenvalue weighted by Gasteiger charge is -2.45. The third-order valence-electron chi connectivity index (χ3n) is 10.1. The Balaban J connectivity index is 1.22. The van der Waals surface area contributed by atoms with Crippen LogP contribution in [0.5, 0.6) is 11.5 Å². The second-order valence-electron chi connectivity index (χ2n) is 14.0. The van der Waals surface area contributed by atoms with E-state index in [-0.39, 0.29) is 62.7 Å². The summed E-state index contributed by atoms with van der Waals surface area (Å²) in [7, 11) is 0. The van der Waals surface area contributed by atoms with E-state index in [2.05, 4.69) is 5.32 Å². The van der Waals surface area contributed by atoms with Crippen LogP contribution in [-0.4, -0.2) is 94.9 Å². The van der Waals surface area contributed by atoms with Crippen molar-refractivity contribution in [1.82, 2.24) is 15.1 Å². The first kappa shape index (κ1) is 38.2. The minimum absolute atomic E-state index is 0.0465. The van der Waals surface area contributed by atoms with Gasteiger partial charge in [-0.15, -0.1) is 0 Å². The minimum Gasteiger partial charge on any atom is -0.490 e. The maximum Gasteiger partial charge on any atom is 0.305 e. The number of hydrogen-bond acceptors (Lipinski definition) is 7. The van der Waals surface area contributed by atoms with Crippen LogP contribution in [0.1, 0.15) is 54.4 Å². The largest absolute Gasteiger partial charge is 0.490 e. The number of piperazine rings is 1. The van der Waals surface area contributed by atoms with Crippen LogP contribution in [0.15, 0.2) is 60.2 Å². The minimum atomic E-state index is -1.33. The van der Waals surface area contributed by atoms with Gasteiger partial charge in [0.15, 0.2) is 11.6 Å². The van der Waals surface area contributed by atoms with Gasteiger partial charge in [0.2, 0.25) is 5.91 Å². The van der Waals surface area contributed by atoms with E-state index in [1.54, 1.807) is 9.80 Å². The molecule has 2 fully saturated rings. The summed E-state index contributed by atoms with van der Waals surface area (Å²) in [5.41, 5.74) is 4.47. The van der Waals surface area contributed by atoms with Crippen molar-refractivity contribution >= 4 is 35.0 Å². The van der Waals surface area contributed by atoms with Crippen LogP contribution in [0.4, 0.5) is 8.78 Å². The molecule has 1 aliphatic carbocycles. The highest BCUT2D eigenvalue weighted by Crippen LogP contribution is 2.37. The molecule has 2 amide bonds. The van der Waals surface area contributed by atoms with Gasteiger partial charge in [-0.05, 0) is 97.7 Å². The standard InChI is InChI=1S/C40H44ClF2N3O7/c1-23-16-32(41)35(17-24(23)2)53-15-14-52-30-10-6-25(7-11-30)31-18-27-21-45(36(48)19-29(47)20-37(49)50)22-34(44-27)38(31)40(51)46(28-8-9-28)13-12-26-4-3-5-33(42)39(26)43/h3-7,10-11,16-17,27-29,34,44,47H,8-9,12-15,18-22H2,1-2H3,(H,49,50)/t27-,29-,34-/m1/s1. The van der Waals surface area contributed by atoms with Crippen LogP contribution in [0.3, 0.4) is 0 Å². The summed E-state index contributed by atoms with van der Waals surface area (Å²) in [5.74, 6) is -2.49. The molecule has 53 heavy (non-hydrogen) atoms. The van der Waals surface area contributed by atoms with E-state index in [0.29, 0.717) is 35.1 Å². The zero-order valence-electron chi connectivity index (χ0n) is 29.7. The molecule has 10 nitrogen and oxygen atoms in total. The number of carbonyl (C=O) groups excluding carboxylic acids is 2. The van der Waals surface area contributed by atoms with E-state index in [0.717, 1.165) is 41.2 Å². The van der Waals surface area contributed by atoms with Crippen molar-refractivity contribution < 1.29 is 42.9 Å². The van der Waals surface area contributed by atoms with E-state index in [1.165, 1.54) is 12.1 Å². The van der Waals surface area contributed by atoms with Gasteiger partial charge in [0.1, 0.15) is 24.7 Å². The summed E-state index contributed by atoms with van der Waals surface area (Å²) in [6.45, 7) is 5.17. The Morgan fingerprint density at radius 2 is 1.72 bits per heavy atom. The number of aliphatic hydroxyl groups excluding tert-OH is 1. The number of amides is 2. The summed E-state index contributed by atoms with van der Waals surface area (Å²) in [4.78, 5) is 42.3. The molecule has 3 N–H and O–H groups in total. The molecular weight excluding hydrogens is 708 g/mol. The van der Waals surface area contributed by atoms with Crippen LogP contribution in [0.25, 0.3) is 5.57 Å². The molecule has 3 aromatic rings. The zero-order valence-corrected chi connectivity index (χ0v) is 30.5. The fourth-order valence-corrected chi connectivity index (χ4v) is 7.35. The van der Waals surface area contributed by atoms with Crippen molar-refractivity contribution in [1.29, 1.82) is 0 Å². The second-order valence-corrected chi connectivity index (χ2v) is 14.5. The van der Waals surface area contributed by atoms with E-state index in [1.807, 2.05) is 50.2 Å². The molecular formula is C40H44ClF2N3O7. The lowest BCUT2D eigenvalue weighted by atomic mass is 9.82. The number of aliphatic carboxylic acids is 1. The summed E-state index contributed by atoms with van der Waals surface area (Å²) in [6.07, 6.45) is -0.0889. The number of nitrogens with one attached hydrogen (secondary N) is 1. The first-order valence-electron chi connectivity index (χ1n) is 17.9.